The first-order valence-corrected chi connectivity index (χ1v) is 3.72. The second-order valence-corrected chi connectivity index (χ2v) is 2.45. The molecule has 0 aliphatic heterocycles. The number of aliphatic hydroxyl groups excluding tert-OH is 1. The van der Waals surface area contributed by atoms with E-state index in [0.717, 1.165) is 12.3 Å². The van der Waals surface area contributed by atoms with Gasteiger partial charge in [0, 0.05) is 12.3 Å². The number of alkyl halides is 3. The van der Waals surface area contributed by atoms with Crippen LogP contribution in [-0.2, 0) is 6.61 Å². The van der Waals surface area contributed by atoms with Gasteiger partial charge in [-0.25, -0.2) is 0 Å². The molecule has 0 unspecified atom stereocenters. The summed E-state index contributed by atoms with van der Waals surface area (Å²) in [6.45, 7) is -0.627. The van der Waals surface area contributed by atoms with Gasteiger partial charge in [-0.05, 0) is 0 Å². The van der Waals surface area contributed by atoms with E-state index in [0.29, 0.717) is 0 Å². The molecule has 0 amide bonds. The van der Waals surface area contributed by atoms with Crippen molar-refractivity contribution in [3.63, 3.8) is 0 Å². The quantitative estimate of drug-likeness (QED) is 0.813. The van der Waals surface area contributed by atoms with Gasteiger partial charge in [0.05, 0.1) is 12.3 Å². The van der Waals surface area contributed by atoms with E-state index in [-0.39, 0.29) is 5.69 Å². The number of pyridine rings is 1. The summed E-state index contributed by atoms with van der Waals surface area (Å²) in [5.41, 5.74) is -0.573. The highest BCUT2D eigenvalue weighted by molar-refractivity contribution is 5.45. The fourth-order valence-corrected chi connectivity index (χ4v) is 0.934. The van der Waals surface area contributed by atoms with Crippen molar-refractivity contribution in [1.82, 2.24) is 4.98 Å². The number of rotatable bonds is 2. The number of aromatic nitrogens is 1. The molecule has 0 saturated heterocycles. The summed E-state index contributed by atoms with van der Waals surface area (Å²) < 4.78 is 39.2. The SMILES string of the molecule is N#Cc1c(OC(F)(F)F)ccnc1CO. The van der Waals surface area contributed by atoms with Crippen molar-refractivity contribution >= 4 is 0 Å². The predicted octanol–water partition coefficient (Wildman–Crippen LogP) is 1.34. The lowest BCUT2D eigenvalue weighted by atomic mass is 10.2. The summed E-state index contributed by atoms with van der Waals surface area (Å²) in [5, 5.41) is 17.3. The van der Waals surface area contributed by atoms with Gasteiger partial charge in [-0.2, -0.15) is 5.26 Å². The molecule has 80 valence electrons. The minimum Gasteiger partial charge on any atom is -0.404 e. The maximum absolute atomic E-state index is 11.9. The van der Waals surface area contributed by atoms with Gasteiger partial charge in [0.25, 0.3) is 0 Å². The Balaban J connectivity index is 3.14. The first-order chi connectivity index (χ1) is 6.98. The first kappa shape index (κ1) is 11.3. The van der Waals surface area contributed by atoms with Crippen molar-refractivity contribution < 1.29 is 23.0 Å². The molecule has 4 nitrogen and oxygen atoms in total. The molecule has 1 aromatic rings. The molecule has 1 aromatic heterocycles. The van der Waals surface area contributed by atoms with Crippen molar-refractivity contribution in [3.8, 4) is 11.8 Å². The van der Waals surface area contributed by atoms with Crippen molar-refractivity contribution in [2.75, 3.05) is 0 Å². The highest BCUT2D eigenvalue weighted by Gasteiger charge is 2.32. The molecular weight excluding hydrogens is 213 g/mol. The molecule has 0 aliphatic carbocycles. The molecule has 15 heavy (non-hydrogen) atoms. The number of hydrogen-bond acceptors (Lipinski definition) is 4. The smallest absolute Gasteiger partial charge is 0.404 e. The summed E-state index contributed by atoms with van der Waals surface area (Å²) in [6.07, 6.45) is -3.85. The topological polar surface area (TPSA) is 66.1 Å². The zero-order valence-electron chi connectivity index (χ0n) is 7.25. The van der Waals surface area contributed by atoms with Gasteiger partial charge in [0.2, 0.25) is 0 Å². The van der Waals surface area contributed by atoms with Crippen LogP contribution >= 0.6 is 0 Å². The van der Waals surface area contributed by atoms with E-state index >= 15 is 0 Å². The molecule has 0 aliphatic rings. The van der Waals surface area contributed by atoms with Gasteiger partial charge < -0.3 is 9.84 Å². The largest absolute Gasteiger partial charge is 0.573 e. The van der Waals surface area contributed by atoms with Crippen LogP contribution < -0.4 is 4.74 Å². The molecule has 0 aromatic carbocycles. The standard InChI is InChI=1S/C8H5F3N2O2/c9-8(10,11)15-7-1-2-13-6(4-14)5(7)3-12/h1-2,14H,4H2. The normalized spacial score (nSPS) is 10.9. The maximum Gasteiger partial charge on any atom is 0.573 e. The third-order valence-corrected chi connectivity index (χ3v) is 1.48. The lowest BCUT2D eigenvalue weighted by molar-refractivity contribution is -0.274. The highest BCUT2D eigenvalue weighted by Crippen LogP contribution is 2.26. The van der Waals surface area contributed by atoms with Gasteiger partial charge in [-0.15, -0.1) is 13.2 Å². The van der Waals surface area contributed by atoms with Crippen LogP contribution in [0.25, 0.3) is 0 Å². The van der Waals surface area contributed by atoms with Gasteiger partial charge in [0.1, 0.15) is 11.6 Å². The molecule has 0 spiro atoms. The Kier molecular flexibility index (Phi) is 3.11. The monoisotopic (exact) mass is 218 g/mol. The zero-order chi connectivity index (χ0) is 11.5. The Labute approximate surface area is 82.5 Å². The van der Waals surface area contributed by atoms with E-state index in [1.165, 1.54) is 6.07 Å². The molecule has 0 radical (unpaired) electrons. The van der Waals surface area contributed by atoms with Crippen LogP contribution in [0, 0.1) is 11.3 Å². The minimum absolute atomic E-state index is 0.153. The minimum atomic E-state index is -4.88. The summed E-state index contributed by atoms with van der Waals surface area (Å²) in [6, 6.07) is 2.40. The Hall–Kier alpha value is -1.81. The summed E-state index contributed by atoms with van der Waals surface area (Å²) in [7, 11) is 0. The Morgan fingerprint density at radius 3 is 2.67 bits per heavy atom. The third-order valence-electron chi connectivity index (χ3n) is 1.48. The molecule has 7 heteroatoms. The van der Waals surface area contributed by atoms with Crippen LogP contribution in [0.4, 0.5) is 13.2 Å². The molecule has 0 bridgehead atoms. The van der Waals surface area contributed by atoms with Crippen molar-refractivity contribution in [3.05, 3.63) is 23.5 Å². The van der Waals surface area contributed by atoms with Gasteiger partial charge in [-0.1, -0.05) is 0 Å². The van der Waals surface area contributed by atoms with Gasteiger partial charge in [0.15, 0.2) is 5.75 Å². The number of nitriles is 1. The van der Waals surface area contributed by atoms with Crippen molar-refractivity contribution in [2.24, 2.45) is 0 Å². The number of aliphatic hydroxyl groups is 1. The third kappa shape index (κ3) is 2.82. The Morgan fingerprint density at radius 1 is 1.53 bits per heavy atom. The molecule has 1 N–H and O–H groups in total. The van der Waals surface area contributed by atoms with E-state index in [4.69, 9.17) is 10.4 Å². The number of hydrogen-bond donors (Lipinski definition) is 1. The van der Waals surface area contributed by atoms with Gasteiger partial charge >= 0.3 is 6.36 Å². The molecule has 0 fully saturated rings. The summed E-state index contributed by atoms with van der Waals surface area (Å²) >= 11 is 0. The van der Waals surface area contributed by atoms with E-state index in [1.807, 2.05) is 0 Å². The molecule has 0 saturated carbocycles. The van der Waals surface area contributed by atoms with Gasteiger partial charge in [-0.3, -0.25) is 4.98 Å². The van der Waals surface area contributed by atoms with Crippen molar-refractivity contribution in [1.29, 1.82) is 5.26 Å². The van der Waals surface area contributed by atoms with Crippen LogP contribution in [0.1, 0.15) is 11.3 Å². The van der Waals surface area contributed by atoms with E-state index in [2.05, 4.69) is 9.72 Å². The molecule has 1 rings (SSSR count). The van der Waals surface area contributed by atoms with Crippen LogP contribution in [0.3, 0.4) is 0 Å². The lowest BCUT2D eigenvalue weighted by Crippen LogP contribution is -2.18. The second kappa shape index (κ2) is 4.14. The summed E-state index contributed by atoms with van der Waals surface area (Å²) in [5.74, 6) is -0.663. The zero-order valence-corrected chi connectivity index (χ0v) is 7.25. The van der Waals surface area contributed by atoms with Crippen molar-refractivity contribution in [2.45, 2.75) is 13.0 Å². The Morgan fingerprint density at radius 2 is 2.20 bits per heavy atom. The maximum atomic E-state index is 11.9. The van der Waals surface area contributed by atoms with Crippen LogP contribution in [0.2, 0.25) is 0 Å². The number of ether oxygens (including phenoxy) is 1. The fourth-order valence-electron chi connectivity index (χ4n) is 0.934. The Bertz CT molecular complexity index is 398. The second-order valence-electron chi connectivity index (χ2n) is 2.45. The van der Waals surface area contributed by atoms with Crippen LogP contribution in [0.5, 0.6) is 5.75 Å². The highest BCUT2D eigenvalue weighted by atomic mass is 19.4. The number of nitrogens with zero attached hydrogens (tertiary/aromatic N) is 2. The molecule has 0 atom stereocenters. The van der Waals surface area contributed by atoms with Crippen LogP contribution in [-0.4, -0.2) is 16.5 Å². The van der Waals surface area contributed by atoms with E-state index in [1.54, 1.807) is 0 Å². The van der Waals surface area contributed by atoms with E-state index in [9.17, 15) is 13.2 Å². The number of halogens is 3. The van der Waals surface area contributed by atoms with E-state index < -0.39 is 24.3 Å². The average Bonchev–Trinajstić information content (AvgIpc) is 2.15. The first-order valence-electron chi connectivity index (χ1n) is 3.72. The molecular formula is C8H5F3N2O2. The summed E-state index contributed by atoms with van der Waals surface area (Å²) in [4.78, 5) is 3.54. The van der Waals surface area contributed by atoms with Crippen LogP contribution in [0.15, 0.2) is 12.3 Å². The fraction of sp³-hybridized carbons (Fsp3) is 0.250. The lowest BCUT2D eigenvalue weighted by Gasteiger charge is -2.10. The average molecular weight is 218 g/mol. The predicted molar refractivity (Wildman–Crippen MR) is 41.6 cm³/mol. The molecule has 1 heterocycles.